The summed E-state index contributed by atoms with van der Waals surface area (Å²) in [6.07, 6.45) is 4.91. The first-order chi connectivity index (χ1) is 22.0. The first-order valence-corrected chi connectivity index (χ1v) is 18.0. The highest BCUT2D eigenvalue weighted by atomic mass is 79.9. The van der Waals surface area contributed by atoms with Crippen LogP contribution in [0.5, 0.6) is 17.2 Å². The first-order valence-electron chi connectivity index (χ1n) is 15.0. The van der Waals surface area contributed by atoms with Crippen molar-refractivity contribution in [2.75, 3.05) is 93.4 Å². The summed E-state index contributed by atoms with van der Waals surface area (Å²) in [5, 5.41) is 7.06. The number of fused-ring (bicyclic) bond motifs is 1. The smallest absolute Gasteiger partial charge is 0.232 e. The second kappa shape index (κ2) is 13.5. The number of likely N-dealkylation sites (N-methyl/N-ethyl adjacent to an activating group) is 1. The molecule has 0 saturated carbocycles. The summed E-state index contributed by atoms with van der Waals surface area (Å²) in [5.41, 5.74) is 2.36. The van der Waals surface area contributed by atoms with Crippen molar-refractivity contribution in [3.63, 3.8) is 0 Å². The molecule has 46 heavy (non-hydrogen) atoms. The lowest BCUT2D eigenvalue weighted by Gasteiger charge is -2.42. The van der Waals surface area contributed by atoms with Gasteiger partial charge < -0.3 is 34.6 Å². The maximum absolute atomic E-state index is 12.4. The van der Waals surface area contributed by atoms with Gasteiger partial charge in [0.05, 0.1) is 45.6 Å². The summed E-state index contributed by atoms with van der Waals surface area (Å²) in [6.45, 7) is 6.39. The highest BCUT2D eigenvalue weighted by Gasteiger charge is 2.28. The Morgan fingerprint density at radius 1 is 1.02 bits per heavy atom. The van der Waals surface area contributed by atoms with Gasteiger partial charge in [0.25, 0.3) is 0 Å². The van der Waals surface area contributed by atoms with Crippen molar-refractivity contribution in [2.24, 2.45) is 0 Å². The summed E-state index contributed by atoms with van der Waals surface area (Å²) in [7, 11) is 1.70. The van der Waals surface area contributed by atoms with Crippen LogP contribution in [0.15, 0.2) is 34.9 Å². The molecule has 2 aromatic carbocycles. The Bertz CT molecular complexity index is 1700. The number of sulfonamides is 1. The number of aromatic nitrogens is 2. The second-order valence-electron chi connectivity index (χ2n) is 11.7. The predicted octanol–water partition coefficient (Wildman–Crippen LogP) is 4.73. The van der Waals surface area contributed by atoms with Crippen LogP contribution in [0, 0.1) is 0 Å². The van der Waals surface area contributed by atoms with Gasteiger partial charge >= 0.3 is 0 Å². The number of piperazine rings is 1. The summed E-state index contributed by atoms with van der Waals surface area (Å²) >= 11 is 10.4. The number of ether oxygens (including phenoxy) is 3. The molecule has 2 fully saturated rings. The van der Waals surface area contributed by atoms with Crippen molar-refractivity contribution in [2.45, 2.75) is 18.9 Å². The number of nitrogens with one attached hydrogen (secondary N) is 2. The Morgan fingerprint density at radius 2 is 1.72 bits per heavy atom. The van der Waals surface area contributed by atoms with Gasteiger partial charge in [-0.1, -0.05) is 11.6 Å². The summed E-state index contributed by atoms with van der Waals surface area (Å²) < 4.78 is 43.3. The molecule has 2 N–H and O–H groups in total. The third-order valence-corrected chi connectivity index (χ3v) is 10.8. The number of piperidine rings is 1. The van der Waals surface area contributed by atoms with Crippen molar-refractivity contribution in [1.29, 1.82) is 0 Å². The van der Waals surface area contributed by atoms with Gasteiger partial charge in [-0.25, -0.2) is 13.4 Å². The predicted molar refractivity (Wildman–Crippen MR) is 184 cm³/mol. The van der Waals surface area contributed by atoms with Crippen LogP contribution in [-0.2, 0) is 10.0 Å². The Kier molecular flexibility index (Phi) is 9.57. The fourth-order valence-electron chi connectivity index (χ4n) is 5.94. The maximum Gasteiger partial charge on any atom is 0.232 e. The molecule has 6 rings (SSSR count). The van der Waals surface area contributed by atoms with E-state index in [1.54, 1.807) is 25.4 Å². The molecule has 13 nitrogen and oxygen atoms in total. The summed E-state index contributed by atoms with van der Waals surface area (Å²) in [5.74, 6) is 2.21. The molecular weight excluding hydrogens is 700 g/mol. The molecule has 4 heterocycles. The SMILES string of the molecule is COc1cc(N2CCC(N3CCN(C)CC3)CC2)c(Cl)cc1Nc1ncc(Br)c(Nc2cc3c(cc2N(C)S(C)(=O)=O)OCO3)n1. The van der Waals surface area contributed by atoms with Crippen molar-refractivity contribution in [3.05, 3.63) is 40.0 Å². The van der Waals surface area contributed by atoms with E-state index in [1.165, 1.54) is 7.05 Å². The number of benzene rings is 2. The van der Waals surface area contributed by atoms with Crippen LogP contribution >= 0.6 is 27.5 Å². The van der Waals surface area contributed by atoms with Crippen molar-refractivity contribution >= 4 is 72.1 Å². The highest BCUT2D eigenvalue weighted by Crippen LogP contribution is 2.43. The third kappa shape index (κ3) is 7.03. The molecule has 248 valence electrons. The molecule has 0 bridgehead atoms. The summed E-state index contributed by atoms with van der Waals surface area (Å²) in [4.78, 5) is 16.4. The molecule has 0 amide bonds. The molecule has 0 atom stereocenters. The fraction of sp³-hybridized carbons (Fsp3) is 0.467. The van der Waals surface area contributed by atoms with Crippen LogP contribution in [0.2, 0.25) is 5.02 Å². The standard InChI is InChI=1S/C30H38BrClN8O5S/c1-37-9-11-39(12-10-37)19-5-7-40(8-6-19)24-15-26(43-3)23(13-21(24)32)35-30-33-17-20(31)29(36-30)34-22-14-27-28(45-18-44-27)16-25(22)38(2)46(4,41)42/h13-17,19H,5-12,18H2,1-4H3,(H2,33,34,35,36). The first kappa shape index (κ1) is 32.7. The van der Waals surface area contributed by atoms with Gasteiger partial charge in [-0.05, 0) is 41.9 Å². The molecule has 3 aliphatic rings. The zero-order chi connectivity index (χ0) is 32.6. The fourth-order valence-corrected chi connectivity index (χ4v) is 7.03. The van der Waals surface area contributed by atoms with Crippen LogP contribution in [0.4, 0.5) is 34.5 Å². The van der Waals surface area contributed by atoms with Crippen molar-refractivity contribution in [1.82, 2.24) is 19.8 Å². The Balaban J connectivity index is 1.20. The van der Waals surface area contributed by atoms with Gasteiger partial charge in [-0.2, -0.15) is 4.98 Å². The Hall–Kier alpha value is -3.24. The molecule has 16 heteroatoms. The molecule has 3 aromatic rings. The molecule has 0 spiro atoms. The number of nitrogens with zero attached hydrogens (tertiary/aromatic N) is 6. The minimum atomic E-state index is -3.57. The molecule has 0 unspecified atom stereocenters. The number of hydrogen-bond donors (Lipinski definition) is 2. The molecule has 0 radical (unpaired) electrons. The van der Waals surface area contributed by atoms with E-state index in [1.807, 2.05) is 12.1 Å². The number of halogens is 2. The third-order valence-electron chi connectivity index (χ3n) is 8.70. The van der Waals surface area contributed by atoms with Gasteiger partial charge in [0.2, 0.25) is 22.8 Å². The average molecular weight is 738 g/mol. The lowest BCUT2D eigenvalue weighted by Crippen LogP contribution is -2.52. The van der Waals surface area contributed by atoms with Crippen LogP contribution in [0.1, 0.15) is 12.8 Å². The van der Waals surface area contributed by atoms with E-state index in [2.05, 4.69) is 58.3 Å². The Labute approximate surface area is 282 Å². The van der Waals surface area contributed by atoms with E-state index in [-0.39, 0.29) is 12.7 Å². The van der Waals surface area contributed by atoms with E-state index < -0.39 is 10.0 Å². The van der Waals surface area contributed by atoms with E-state index in [4.69, 9.17) is 25.8 Å². The number of hydrogen-bond acceptors (Lipinski definition) is 12. The second-order valence-corrected chi connectivity index (χ2v) is 14.9. The number of anilines is 6. The number of rotatable bonds is 9. The van der Waals surface area contributed by atoms with Gasteiger partial charge in [0.15, 0.2) is 11.5 Å². The summed E-state index contributed by atoms with van der Waals surface area (Å²) in [6, 6.07) is 7.68. The monoisotopic (exact) mass is 736 g/mol. The average Bonchev–Trinajstić information content (AvgIpc) is 3.50. The van der Waals surface area contributed by atoms with E-state index in [0.29, 0.717) is 55.7 Å². The number of methoxy groups -OCH3 is 1. The zero-order valence-electron chi connectivity index (χ0n) is 26.2. The molecule has 3 aliphatic heterocycles. The maximum atomic E-state index is 12.4. The quantitative estimate of drug-likeness (QED) is 0.316. The van der Waals surface area contributed by atoms with E-state index in [0.717, 1.165) is 68.4 Å². The van der Waals surface area contributed by atoms with Crippen LogP contribution in [0.25, 0.3) is 0 Å². The van der Waals surface area contributed by atoms with Crippen molar-refractivity contribution < 1.29 is 22.6 Å². The van der Waals surface area contributed by atoms with Gasteiger partial charge in [-0.3, -0.25) is 9.21 Å². The van der Waals surface area contributed by atoms with Crippen molar-refractivity contribution in [3.8, 4) is 17.2 Å². The topological polar surface area (TPSA) is 125 Å². The minimum absolute atomic E-state index is 0.0458. The lowest BCUT2D eigenvalue weighted by atomic mass is 10.0. The van der Waals surface area contributed by atoms with Gasteiger partial charge in [0.1, 0.15) is 11.6 Å². The normalized spacial score (nSPS) is 17.7. The molecular formula is C30H38BrClN8O5S. The lowest BCUT2D eigenvalue weighted by molar-refractivity contribution is 0.0982. The van der Waals surface area contributed by atoms with Gasteiger partial charge in [0, 0.05) is 76.8 Å². The molecule has 2 saturated heterocycles. The van der Waals surface area contributed by atoms with Gasteiger partial charge in [-0.15, -0.1) is 0 Å². The van der Waals surface area contributed by atoms with Crippen LogP contribution in [-0.4, -0.2) is 108 Å². The van der Waals surface area contributed by atoms with E-state index >= 15 is 0 Å². The van der Waals surface area contributed by atoms with Crippen LogP contribution in [0.3, 0.4) is 0 Å². The zero-order valence-corrected chi connectivity index (χ0v) is 29.4. The molecule has 1 aromatic heterocycles. The van der Waals surface area contributed by atoms with Crippen LogP contribution < -0.4 is 34.0 Å². The van der Waals surface area contributed by atoms with E-state index in [9.17, 15) is 8.42 Å². The molecule has 0 aliphatic carbocycles. The Morgan fingerprint density at radius 3 is 2.39 bits per heavy atom. The largest absolute Gasteiger partial charge is 0.494 e. The minimum Gasteiger partial charge on any atom is -0.494 e. The highest BCUT2D eigenvalue weighted by molar-refractivity contribution is 9.10.